The Morgan fingerprint density at radius 2 is 2.14 bits per heavy atom. The van der Waals surface area contributed by atoms with Crippen molar-refractivity contribution in [2.45, 2.75) is 32.4 Å². The number of hydrogen-bond donors (Lipinski definition) is 1. The fraction of sp³-hybridized carbons (Fsp3) is 0.778. The van der Waals surface area contributed by atoms with Crippen LogP contribution in [0.1, 0.15) is 24.2 Å². The SMILES string of the molecule is Cc1nonc1CN1CCC(O)CC1. The molecule has 14 heavy (non-hydrogen) atoms. The van der Waals surface area contributed by atoms with Gasteiger partial charge in [-0.15, -0.1) is 0 Å². The third kappa shape index (κ3) is 2.10. The summed E-state index contributed by atoms with van der Waals surface area (Å²) in [7, 11) is 0. The first-order valence-electron chi connectivity index (χ1n) is 4.94. The minimum atomic E-state index is -0.122. The van der Waals surface area contributed by atoms with Crippen LogP contribution in [-0.4, -0.2) is 39.5 Å². The first kappa shape index (κ1) is 9.61. The smallest absolute Gasteiger partial charge is 0.122 e. The Morgan fingerprint density at radius 3 is 2.71 bits per heavy atom. The summed E-state index contributed by atoms with van der Waals surface area (Å²) in [6.45, 7) is 4.52. The first-order chi connectivity index (χ1) is 6.75. The molecular formula is C9H15N3O2. The second-order valence-electron chi connectivity index (χ2n) is 3.80. The van der Waals surface area contributed by atoms with Gasteiger partial charge in [0.05, 0.1) is 6.10 Å². The fourth-order valence-corrected chi connectivity index (χ4v) is 1.68. The number of likely N-dealkylation sites (tertiary alicyclic amines) is 1. The number of aryl methyl sites for hydroxylation is 1. The second kappa shape index (κ2) is 4.06. The molecule has 1 aromatic heterocycles. The zero-order valence-electron chi connectivity index (χ0n) is 8.31. The standard InChI is InChI=1S/C9H15N3O2/c1-7-9(11-14-10-7)6-12-4-2-8(13)3-5-12/h8,13H,2-6H2,1H3. The van der Waals surface area contributed by atoms with Crippen molar-refractivity contribution in [3.05, 3.63) is 11.4 Å². The number of aromatic nitrogens is 2. The number of aliphatic hydroxyl groups excluding tert-OH is 1. The molecular weight excluding hydrogens is 182 g/mol. The summed E-state index contributed by atoms with van der Waals surface area (Å²) in [5, 5.41) is 16.9. The van der Waals surface area contributed by atoms with E-state index < -0.39 is 0 Å². The Labute approximate surface area is 82.7 Å². The van der Waals surface area contributed by atoms with Crippen LogP contribution in [0, 0.1) is 6.92 Å². The van der Waals surface area contributed by atoms with E-state index in [1.165, 1.54) is 0 Å². The summed E-state index contributed by atoms with van der Waals surface area (Å²) in [5.74, 6) is 0. The summed E-state index contributed by atoms with van der Waals surface area (Å²) in [4.78, 5) is 2.26. The van der Waals surface area contributed by atoms with Crippen LogP contribution in [0.3, 0.4) is 0 Å². The van der Waals surface area contributed by atoms with Crippen molar-refractivity contribution in [1.82, 2.24) is 15.2 Å². The summed E-state index contributed by atoms with van der Waals surface area (Å²) in [6, 6.07) is 0. The largest absolute Gasteiger partial charge is 0.393 e. The van der Waals surface area contributed by atoms with E-state index in [0.717, 1.165) is 43.9 Å². The molecule has 1 N–H and O–H groups in total. The molecule has 0 radical (unpaired) electrons. The zero-order valence-corrected chi connectivity index (χ0v) is 8.31. The molecule has 0 spiro atoms. The average molecular weight is 197 g/mol. The molecule has 5 nitrogen and oxygen atoms in total. The Balaban J connectivity index is 1.89. The zero-order chi connectivity index (χ0) is 9.97. The normalized spacial score (nSPS) is 20.1. The van der Waals surface area contributed by atoms with Gasteiger partial charge in [0.25, 0.3) is 0 Å². The molecule has 1 aromatic rings. The quantitative estimate of drug-likeness (QED) is 0.740. The van der Waals surface area contributed by atoms with Gasteiger partial charge in [-0.3, -0.25) is 4.90 Å². The van der Waals surface area contributed by atoms with Crippen molar-refractivity contribution in [3.8, 4) is 0 Å². The third-order valence-electron chi connectivity index (χ3n) is 2.68. The fourth-order valence-electron chi connectivity index (χ4n) is 1.68. The Bertz CT molecular complexity index is 292. The lowest BCUT2D eigenvalue weighted by molar-refractivity contribution is 0.0780. The van der Waals surface area contributed by atoms with E-state index in [-0.39, 0.29) is 6.10 Å². The van der Waals surface area contributed by atoms with Gasteiger partial charge in [0.15, 0.2) is 0 Å². The number of piperidine rings is 1. The second-order valence-corrected chi connectivity index (χ2v) is 3.80. The van der Waals surface area contributed by atoms with Crippen molar-refractivity contribution in [3.63, 3.8) is 0 Å². The first-order valence-corrected chi connectivity index (χ1v) is 4.94. The van der Waals surface area contributed by atoms with Crippen molar-refractivity contribution in [2.75, 3.05) is 13.1 Å². The van der Waals surface area contributed by atoms with Crippen LogP contribution in [0.4, 0.5) is 0 Å². The van der Waals surface area contributed by atoms with Gasteiger partial charge in [0, 0.05) is 19.6 Å². The van der Waals surface area contributed by atoms with Crippen LogP contribution in [0.2, 0.25) is 0 Å². The molecule has 78 valence electrons. The predicted molar refractivity (Wildman–Crippen MR) is 49.6 cm³/mol. The lowest BCUT2D eigenvalue weighted by Crippen LogP contribution is -2.35. The highest BCUT2D eigenvalue weighted by molar-refractivity contribution is 5.04. The van der Waals surface area contributed by atoms with Crippen LogP contribution in [0.5, 0.6) is 0 Å². The summed E-state index contributed by atoms with van der Waals surface area (Å²) >= 11 is 0. The maximum atomic E-state index is 9.33. The molecule has 2 rings (SSSR count). The topological polar surface area (TPSA) is 62.4 Å². The number of aliphatic hydroxyl groups is 1. The molecule has 2 heterocycles. The molecule has 1 aliphatic rings. The van der Waals surface area contributed by atoms with Gasteiger partial charge in [-0.2, -0.15) is 0 Å². The van der Waals surface area contributed by atoms with Crippen molar-refractivity contribution in [1.29, 1.82) is 0 Å². The van der Waals surface area contributed by atoms with Gasteiger partial charge in [-0.25, -0.2) is 4.63 Å². The van der Waals surface area contributed by atoms with E-state index in [1.807, 2.05) is 6.92 Å². The monoisotopic (exact) mass is 197 g/mol. The molecule has 0 unspecified atom stereocenters. The van der Waals surface area contributed by atoms with Gasteiger partial charge in [-0.1, -0.05) is 10.3 Å². The molecule has 1 saturated heterocycles. The highest BCUT2D eigenvalue weighted by atomic mass is 16.6. The van der Waals surface area contributed by atoms with E-state index in [9.17, 15) is 5.11 Å². The van der Waals surface area contributed by atoms with Crippen LogP contribution in [-0.2, 0) is 6.54 Å². The molecule has 0 atom stereocenters. The molecule has 0 amide bonds. The lowest BCUT2D eigenvalue weighted by Gasteiger charge is -2.28. The van der Waals surface area contributed by atoms with E-state index in [1.54, 1.807) is 0 Å². The third-order valence-corrected chi connectivity index (χ3v) is 2.68. The molecule has 0 aromatic carbocycles. The van der Waals surface area contributed by atoms with Gasteiger partial charge < -0.3 is 5.11 Å². The van der Waals surface area contributed by atoms with Crippen molar-refractivity contribution < 1.29 is 9.74 Å². The van der Waals surface area contributed by atoms with Crippen LogP contribution in [0.15, 0.2) is 4.63 Å². The average Bonchev–Trinajstić information content (AvgIpc) is 2.56. The summed E-state index contributed by atoms with van der Waals surface area (Å²) in [5.41, 5.74) is 1.76. The molecule has 0 saturated carbocycles. The van der Waals surface area contributed by atoms with Crippen LogP contribution < -0.4 is 0 Å². The number of hydrogen-bond acceptors (Lipinski definition) is 5. The number of rotatable bonds is 2. The van der Waals surface area contributed by atoms with Gasteiger partial charge >= 0.3 is 0 Å². The highest BCUT2D eigenvalue weighted by Crippen LogP contribution is 2.13. The summed E-state index contributed by atoms with van der Waals surface area (Å²) < 4.78 is 4.63. The van der Waals surface area contributed by atoms with Gasteiger partial charge in [0.1, 0.15) is 11.4 Å². The van der Waals surface area contributed by atoms with E-state index >= 15 is 0 Å². The van der Waals surface area contributed by atoms with E-state index in [2.05, 4.69) is 19.8 Å². The minimum absolute atomic E-state index is 0.122. The number of nitrogens with zero attached hydrogens (tertiary/aromatic N) is 3. The summed E-state index contributed by atoms with van der Waals surface area (Å²) in [6.07, 6.45) is 1.58. The lowest BCUT2D eigenvalue weighted by atomic mass is 10.1. The van der Waals surface area contributed by atoms with Crippen molar-refractivity contribution in [2.24, 2.45) is 0 Å². The molecule has 0 bridgehead atoms. The Kier molecular flexibility index (Phi) is 2.79. The molecule has 1 aliphatic heterocycles. The van der Waals surface area contributed by atoms with E-state index in [4.69, 9.17) is 0 Å². The Hall–Kier alpha value is -0.940. The van der Waals surface area contributed by atoms with Crippen LogP contribution >= 0.6 is 0 Å². The van der Waals surface area contributed by atoms with Crippen LogP contribution in [0.25, 0.3) is 0 Å². The molecule has 1 fully saturated rings. The Morgan fingerprint density at radius 1 is 1.43 bits per heavy atom. The molecule has 5 heteroatoms. The maximum Gasteiger partial charge on any atom is 0.122 e. The van der Waals surface area contributed by atoms with Gasteiger partial charge in [-0.05, 0) is 19.8 Å². The van der Waals surface area contributed by atoms with Crippen molar-refractivity contribution >= 4 is 0 Å². The predicted octanol–water partition coefficient (Wildman–Crippen LogP) is 0.335. The maximum absolute atomic E-state index is 9.33. The highest BCUT2D eigenvalue weighted by Gasteiger charge is 2.18. The van der Waals surface area contributed by atoms with Gasteiger partial charge in [0.2, 0.25) is 0 Å². The van der Waals surface area contributed by atoms with E-state index in [0.29, 0.717) is 0 Å². The molecule has 0 aliphatic carbocycles. The minimum Gasteiger partial charge on any atom is -0.393 e.